The van der Waals surface area contributed by atoms with Crippen LogP contribution in [0.4, 0.5) is 14.9 Å². The molecule has 0 atom stereocenters. The normalized spacial score (nSPS) is 14.0. The fourth-order valence-electron chi connectivity index (χ4n) is 2.35. The molecule has 1 aliphatic heterocycles. The lowest BCUT2D eigenvalue weighted by molar-refractivity contribution is 0.243. The van der Waals surface area contributed by atoms with Crippen molar-refractivity contribution >= 4 is 23.5 Å². The molecule has 3 aromatic rings. The van der Waals surface area contributed by atoms with E-state index in [1.807, 2.05) is 30.3 Å². The quantitative estimate of drug-likeness (QED) is 0.722. The highest BCUT2D eigenvalue weighted by Crippen LogP contribution is 2.29. The van der Waals surface area contributed by atoms with E-state index < -0.39 is 0 Å². The number of carbonyl (C=O) groups is 1. The van der Waals surface area contributed by atoms with Gasteiger partial charge in [-0.3, -0.25) is 4.90 Å². The summed E-state index contributed by atoms with van der Waals surface area (Å²) in [6.45, 7) is 0. The fraction of sp³-hybridized carbons (Fsp3) is 0.0625. The summed E-state index contributed by atoms with van der Waals surface area (Å²) in [6, 6.07) is 15.1. The van der Waals surface area contributed by atoms with Crippen molar-refractivity contribution in [3.8, 4) is 11.4 Å². The van der Waals surface area contributed by atoms with E-state index in [4.69, 9.17) is 0 Å². The molecule has 4 rings (SSSR count). The molecule has 1 amide bonds. The summed E-state index contributed by atoms with van der Waals surface area (Å²) in [5, 5.41) is 4.76. The minimum atomic E-state index is -0.361. The van der Waals surface area contributed by atoms with Crippen molar-refractivity contribution in [2.45, 2.75) is 5.16 Å². The van der Waals surface area contributed by atoms with Gasteiger partial charge < -0.3 is 0 Å². The van der Waals surface area contributed by atoms with Crippen LogP contribution < -0.4 is 4.90 Å². The fourth-order valence-corrected chi connectivity index (χ4v) is 3.25. The van der Waals surface area contributed by atoms with Gasteiger partial charge in [0.15, 0.2) is 11.0 Å². The number of anilines is 1. The van der Waals surface area contributed by atoms with Crippen molar-refractivity contribution in [2.75, 3.05) is 10.8 Å². The molecule has 0 radical (unpaired) electrons. The van der Waals surface area contributed by atoms with Crippen molar-refractivity contribution in [3.05, 3.63) is 60.4 Å². The average molecular weight is 326 g/mol. The van der Waals surface area contributed by atoms with Crippen molar-refractivity contribution in [2.24, 2.45) is 0 Å². The van der Waals surface area contributed by atoms with Crippen LogP contribution in [0, 0.1) is 5.82 Å². The van der Waals surface area contributed by atoms with Gasteiger partial charge in [0, 0.05) is 11.3 Å². The highest BCUT2D eigenvalue weighted by molar-refractivity contribution is 7.99. The second kappa shape index (κ2) is 5.51. The predicted octanol–water partition coefficient (Wildman–Crippen LogP) is 3.62. The van der Waals surface area contributed by atoms with Gasteiger partial charge >= 0.3 is 6.03 Å². The Morgan fingerprint density at radius 3 is 2.70 bits per heavy atom. The van der Waals surface area contributed by atoms with Crippen LogP contribution in [-0.2, 0) is 0 Å². The molecule has 0 N–H and O–H groups in total. The number of benzene rings is 2. The number of thioether (sulfide) groups is 1. The summed E-state index contributed by atoms with van der Waals surface area (Å²) in [5.74, 6) is 0.444. The number of aromatic nitrogens is 3. The first-order chi connectivity index (χ1) is 11.2. The first-order valence-corrected chi connectivity index (χ1v) is 7.94. The Labute approximate surface area is 135 Å². The van der Waals surface area contributed by atoms with Gasteiger partial charge in [0.2, 0.25) is 0 Å². The smallest absolute Gasteiger partial charge is 0.282 e. The molecule has 0 bridgehead atoms. The maximum atomic E-state index is 13.4. The monoisotopic (exact) mass is 326 g/mol. The highest BCUT2D eigenvalue weighted by atomic mass is 32.2. The van der Waals surface area contributed by atoms with E-state index in [-0.39, 0.29) is 11.8 Å². The summed E-state index contributed by atoms with van der Waals surface area (Å²) in [4.78, 5) is 18.6. The number of rotatable bonds is 2. The Hall–Kier alpha value is -2.67. The summed E-state index contributed by atoms with van der Waals surface area (Å²) in [5.41, 5.74) is 1.35. The molecule has 0 spiro atoms. The zero-order chi connectivity index (χ0) is 15.8. The number of halogens is 1. The lowest BCUT2D eigenvalue weighted by atomic mass is 10.2. The van der Waals surface area contributed by atoms with E-state index >= 15 is 0 Å². The average Bonchev–Trinajstić information content (AvgIpc) is 3.01. The topological polar surface area (TPSA) is 51.0 Å². The maximum absolute atomic E-state index is 13.4. The van der Waals surface area contributed by atoms with E-state index in [2.05, 4.69) is 10.1 Å². The first kappa shape index (κ1) is 14.0. The molecule has 0 saturated heterocycles. The van der Waals surface area contributed by atoms with E-state index in [1.165, 1.54) is 28.6 Å². The molecule has 0 fully saturated rings. The molecule has 1 aliphatic rings. The van der Waals surface area contributed by atoms with Crippen LogP contribution in [0.25, 0.3) is 11.4 Å². The Balaban J connectivity index is 1.71. The van der Waals surface area contributed by atoms with Gasteiger partial charge in [-0.1, -0.05) is 42.1 Å². The van der Waals surface area contributed by atoms with Crippen molar-refractivity contribution < 1.29 is 9.18 Å². The van der Waals surface area contributed by atoms with Gasteiger partial charge in [0.25, 0.3) is 0 Å². The molecule has 5 nitrogen and oxygen atoms in total. The van der Waals surface area contributed by atoms with Gasteiger partial charge in [-0.2, -0.15) is 4.68 Å². The molecule has 114 valence electrons. The number of hydrogen-bond acceptors (Lipinski definition) is 4. The first-order valence-electron chi connectivity index (χ1n) is 6.95. The van der Waals surface area contributed by atoms with Gasteiger partial charge in [-0.05, 0) is 24.3 Å². The van der Waals surface area contributed by atoms with Crippen molar-refractivity contribution in [3.63, 3.8) is 0 Å². The zero-order valence-electron chi connectivity index (χ0n) is 11.9. The van der Waals surface area contributed by atoms with Crippen LogP contribution in [-0.4, -0.2) is 26.7 Å². The van der Waals surface area contributed by atoms with E-state index in [1.54, 1.807) is 17.0 Å². The molecule has 1 aromatic heterocycles. The van der Waals surface area contributed by atoms with Crippen LogP contribution in [0.3, 0.4) is 0 Å². The molecule has 2 aromatic carbocycles. The van der Waals surface area contributed by atoms with Gasteiger partial charge in [-0.15, -0.1) is 5.10 Å². The number of nitrogens with zero attached hydrogens (tertiary/aromatic N) is 4. The predicted molar refractivity (Wildman–Crippen MR) is 85.9 cm³/mol. The second-order valence-corrected chi connectivity index (χ2v) is 5.87. The number of hydrogen-bond donors (Lipinski definition) is 0. The summed E-state index contributed by atoms with van der Waals surface area (Å²) < 4.78 is 14.6. The van der Waals surface area contributed by atoms with E-state index in [9.17, 15) is 9.18 Å². The number of carbonyl (C=O) groups excluding carboxylic acids is 1. The van der Waals surface area contributed by atoms with Crippen LogP contribution in [0.15, 0.2) is 59.8 Å². The third-order valence-corrected chi connectivity index (χ3v) is 4.37. The van der Waals surface area contributed by atoms with Crippen LogP contribution in [0.2, 0.25) is 0 Å². The van der Waals surface area contributed by atoms with E-state index in [0.29, 0.717) is 22.4 Å². The lowest BCUT2D eigenvalue weighted by Crippen LogP contribution is -2.38. The van der Waals surface area contributed by atoms with Gasteiger partial charge in [0.05, 0.1) is 5.88 Å². The molecular weight excluding hydrogens is 315 g/mol. The second-order valence-electron chi connectivity index (χ2n) is 4.96. The third kappa shape index (κ3) is 2.49. The largest absolute Gasteiger partial charge is 0.352 e. The summed E-state index contributed by atoms with van der Waals surface area (Å²) >= 11 is 1.42. The Morgan fingerprint density at radius 2 is 1.91 bits per heavy atom. The van der Waals surface area contributed by atoms with Crippen molar-refractivity contribution in [1.29, 1.82) is 0 Å². The molecular formula is C16H11FN4OS. The zero-order valence-corrected chi connectivity index (χ0v) is 12.7. The number of fused-ring (bicyclic) bond motifs is 1. The summed E-state index contributed by atoms with van der Waals surface area (Å²) in [6.07, 6.45) is 0. The van der Waals surface area contributed by atoms with Gasteiger partial charge in [0.1, 0.15) is 5.82 Å². The van der Waals surface area contributed by atoms with Crippen LogP contribution >= 0.6 is 11.8 Å². The standard InChI is InChI=1S/C16H11FN4OS/c17-12-6-4-5-11(9-12)14-18-15-21(19-14)16(22)20(10-23-15)13-7-2-1-3-8-13/h1-9H,10H2. The minimum absolute atomic E-state index is 0.264. The molecule has 23 heavy (non-hydrogen) atoms. The Kier molecular flexibility index (Phi) is 3.34. The molecule has 0 unspecified atom stereocenters. The SMILES string of the molecule is O=C1N(c2ccccc2)CSc2nc(-c3cccc(F)c3)nn21. The number of para-hydroxylation sites is 1. The minimum Gasteiger partial charge on any atom is -0.282 e. The maximum Gasteiger partial charge on any atom is 0.352 e. The Morgan fingerprint density at radius 1 is 1.09 bits per heavy atom. The van der Waals surface area contributed by atoms with Crippen molar-refractivity contribution in [1.82, 2.24) is 14.8 Å². The third-order valence-electron chi connectivity index (χ3n) is 3.46. The molecule has 7 heteroatoms. The van der Waals surface area contributed by atoms with Crippen LogP contribution in [0.5, 0.6) is 0 Å². The van der Waals surface area contributed by atoms with E-state index in [0.717, 1.165) is 5.69 Å². The molecule has 2 heterocycles. The molecule has 0 saturated carbocycles. The van der Waals surface area contributed by atoms with Crippen LogP contribution in [0.1, 0.15) is 0 Å². The lowest BCUT2D eigenvalue weighted by Gasteiger charge is -2.25. The highest BCUT2D eigenvalue weighted by Gasteiger charge is 2.29. The van der Waals surface area contributed by atoms with Gasteiger partial charge in [-0.25, -0.2) is 14.2 Å². The molecule has 0 aliphatic carbocycles. The summed E-state index contributed by atoms with van der Waals surface area (Å²) in [7, 11) is 0. The number of amides is 1. The Bertz CT molecular complexity index is 881.